The van der Waals surface area contributed by atoms with E-state index >= 15 is 4.39 Å². The van der Waals surface area contributed by atoms with Crippen molar-refractivity contribution in [2.24, 2.45) is 0 Å². The first kappa shape index (κ1) is 22.7. The molecule has 3 heterocycles. The van der Waals surface area contributed by atoms with E-state index in [0.29, 0.717) is 39.5 Å². The number of hydrogen-bond donors (Lipinski definition) is 2. The molecule has 0 unspecified atom stereocenters. The first-order valence-corrected chi connectivity index (χ1v) is 10.9. The number of carbonyl (C=O) groups excluding carboxylic acids is 1. The zero-order valence-electron chi connectivity index (χ0n) is 19.1. The van der Waals surface area contributed by atoms with Crippen LogP contribution in [0.2, 0.25) is 0 Å². The summed E-state index contributed by atoms with van der Waals surface area (Å²) in [4.78, 5) is 19.9. The van der Waals surface area contributed by atoms with Crippen LogP contribution in [0.4, 0.5) is 15.9 Å². The van der Waals surface area contributed by atoms with E-state index in [0.717, 1.165) is 5.69 Å². The van der Waals surface area contributed by atoms with Crippen LogP contribution in [0.15, 0.2) is 79.6 Å². The maximum atomic E-state index is 15.2. The molecule has 0 aliphatic rings. The number of nitrogens with one attached hydrogen (secondary N) is 1. The number of carbonyl (C=O) groups is 1. The van der Waals surface area contributed by atoms with Gasteiger partial charge < -0.3 is 15.8 Å². The summed E-state index contributed by atoms with van der Waals surface area (Å²) in [5.74, 6) is -0.392. The molecule has 1 amide bonds. The monoisotopic (exact) mass is 481 g/mol. The van der Waals surface area contributed by atoms with Crippen LogP contribution in [0, 0.1) is 12.7 Å². The lowest BCUT2D eigenvalue weighted by atomic mass is 9.99. The number of fused-ring (bicyclic) bond motifs is 1. The van der Waals surface area contributed by atoms with Crippen molar-refractivity contribution < 1.29 is 13.9 Å². The molecule has 3 aromatic heterocycles. The second kappa shape index (κ2) is 9.26. The van der Waals surface area contributed by atoms with Gasteiger partial charge >= 0.3 is 0 Å². The molecule has 0 fully saturated rings. The summed E-state index contributed by atoms with van der Waals surface area (Å²) in [6, 6.07) is 16.9. The number of hydrogen-bond acceptors (Lipinski definition) is 7. The van der Waals surface area contributed by atoms with Gasteiger partial charge in [-0.25, -0.2) is 14.4 Å². The Labute approximate surface area is 205 Å². The summed E-state index contributed by atoms with van der Waals surface area (Å²) in [5, 5.41) is 11.4. The third-order valence-corrected chi connectivity index (χ3v) is 5.38. The van der Waals surface area contributed by atoms with Crippen molar-refractivity contribution in [3.63, 3.8) is 0 Å². The number of nitrogens with two attached hydrogens (primary N) is 1. The van der Waals surface area contributed by atoms with Gasteiger partial charge in [-0.3, -0.25) is 4.79 Å². The maximum absolute atomic E-state index is 15.2. The molecule has 0 bridgehead atoms. The average Bonchev–Trinajstić information content (AvgIpc) is 3.27. The summed E-state index contributed by atoms with van der Waals surface area (Å²) < 4.78 is 22.2. The molecule has 5 aromatic rings. The molecule has 0 saturated carbocycles. The largest absolute Gasteiger partial charge is 0.436 e. The predicted molar refractivity (Wildman–Crippen MR) is 134 cm³/mol. The van der Waals surface area contributed by atoms with Crippen molar-refractivity contribution in [2.75, 3.05) is 11.1 Å². The summed E-state index contributed by atoms with van der Waals surface area (Å²) in [6.07, 6.45) is 2.48. The van der Waals surface area contributed by atoms with E-state index < -0.39 is 5.82 Å². The third kappa shape index (κ3) is 4.34. The lowest BCUT2D eigenvalue weighted by molar-refractivity contribution is -0.111. The van der Waals surface area contributed by atoms with Crippen LogP contribution in [-0.4, -0.2) is 30.7 Å². The van der Waals surface area contributed by atoms with Crippen LogP contribution in [0.1, 0.15) is 5.69 Å². The van der Waals surface area contributed by atoms with Gasteiger partial charge in [-0.1, -0.05) is 30.8 Å². The minimum Gasteiger partial charge on any atom is -0.436 e. The van der Waals surface area contributed by atoms with Gasteiger partial charge in [0.1, 0.15) is 17.5 Å². The highest BCUT2D eigenvalue weighted by atomic mass is 19.1. The molecule has 5 rings (SSSR count). The van der Waals surface area contributed by atoms with Crippen molar-refractivity contribution in [3.05, 3.63) is 91.2 Å². The molecule has 36 heavy (non-hydrogen) atoms. The fourth-order valence-electron chi connectivity index (χ4n) is 3.73. The summed E-state index contributed by atoms with van der Waals surface area (Å²) in [6.45, 7) is 5.27. The van der Waals surface area contributed by atoms with Crippen molar-refractivity contribution in [1.29, 1.82) is 0 Å². The predicted octanol–water partition coefficient (Wildman–Crippen LogP) is 4.80. The zero-order chi connectivity index (χ0) is 25.2. The van der Waals surface area contributed by atoms with E-state index in [1.807, 2.05) is 13.0 Å². The smallest absolute Gasteiger partial charge is 0.247 e. The molecule has 0 aliphatic carbocycles. The van der Waals surface area contributed by atoms with Gasteiger partial charge in [0.05, 0.1) is 0 Å². The number of anilines is 2. The Hall–Kier alpha value is -5.12. The Morgan fingerprint density at radius 1 is 1.14 bits per heavy atom. The Kier molecular flexibility index (Phi) is 5.83. The van der Waals surface area contributed by atoms with Crippen molar-refractivity contribution in [2.45, 2.75) is 6.92 Å². The number of halogens is 1. The maximum Gasteiger partial charge on any atom is 0.247 e. The molecular weight excluding hydrogens is 461 g/mol. The first-order valence-electron chi connectivity index (χ1n) is 10.9. The summed E-state index contributed by atoms with van der Waals surface area (Å²) >= 11 is 0. The Balaban J connectivity index is 1.59. The van der Waals surface area contributed by atoms with Gasteiger partial charge in [-0.15, -0.1) is 14.8 Å². The van der Waals surface area contributed by atoms with Gasteiger partial charge in [-0.2, -0.15) is 0 Å². The van der Waals surface area contributed by atoms with Gasteiger partial charge in [0.15, 0.2) is 17.4 Å². The van der Waals surface area contributed by atoms with Crippen LogP contribution < -0.4 is 15.8 Å². The van der Waals surface area contributed by atoms with Gasteiger partial charge in [0, 0.05) is 28.6 Å². The molecule has 0 saturated heterocycles. The molecule has 2 aromatic carbocycles. The fraction of sp³-hybridized carbons (Fsp3) is 0.0385. The first-order chi connectivity index (χ1) is 17.4. The van der Waals surface area contributed by atoms with Crippen LogP contribution in [-0.2, 0) is 4.79 Å². The minimum atomic E-state index is -0.584. The molecule has 0 radical (unpaired) electrons. The highest BCUT2D eigenvalue weighted by Gasteiger charge is 2.21. The van der Waals surface area contributed by atoms with E-state index in [4.69, 9.17) is 10.5 Å². The minimum absolute atomic E-state index is 0.0291. The molecule has 9 nitrogen and oxygen atoms in total. The Morgan fingerprint density at radius 3 is 2.64 bits per heavy atom. The highest BCUT2D eigenvalue weighted by molar-refractivity contribution is 5.99. The van der Waals surface area contributed by atoms with Crippen LogP contribution in [0.25, 0.3) is 27.9 Å². The number of amides is 1. The third-order valence-electron chi connectivity index (χ3n) is 5.38. The number of nitrogens with zero attached hydrogens (tertiary/aromatic N) is 5. The number of rotatable bonds is 6. The molecule has 0 atom stereocenters. The van der Waals surface area contributed by atoms with E-state index in [1.165, 1.54) is 29.2 Å². The number of ether oxygens (including phenoxy) is 1. The van der Waals surface area contributed by atoms with E-state index in [-0.39, 0.29) is 17.5 Å². The molecule has 0 spiro atoms. The fourth-order valence-corrected chi connectivity index (χ4v) is 3.73. The second-order valence-corrected chi connectivity index (χ2v) is 7.84. The number of aromatic nitrogens is 5. The lowest BCUT2D eigenvalue weighted by Crippen LogP contribution is -2.06. The summed E-state index contributed by atoms with van der Waals surface area (Å²) in [7, 11) is 0. The standard InChI is InChI=1S/C26H20FN7O2/c1-3-21(35)32-18-10-7-16(8-11-18)24-23(25-26(28)29-14-30-34(25)33-24)17-9-12-20(19(27)13-17)36-22-6-4-5-15(2)31-22/h3-14H,1H2,2H3,(H,32,35)(H2,28,29,30). The Morgan fingerprint density at radius 2 is 1.92 bits per heavy atom. The number of pyridine rings is 1. The number of aryl methyl sites for hydroxylation is 1. The Bertz CT molecular complexity index is 1610. The van der Waals surface area contributed by atoms with E-state index in [1.54, 1.807) is 42.5 Å². The molecule has 3 N–H and O–H groups in total. The molecular formula is C26H20FN7O2. The van der Waals surface area contributed by atoms with Crippen LogP contribution in [0.5, 0.6) is 11.6 Å². The SMILES string of the molecule is C=CC(=O)Nc1ccc(-c2nn3ncnc(N)c3c2-c2ccc(Oc3cccc(C)n3)c(F)c2)cc1. The van der Waals surface area contributed by atoms with Crippen molar-refractivity contribution >= 4 is 22.9 Å². The lowest BCUT2D eigenvalue weighted by Gasteiger charge is -2.10. The van der Waals surface area contributed by atoms with Gasteiger partial charge in [-0.05, 0) is 48.9 Å². The van der Waals surface area contributed by atoms with E-state index in [2.05, 4.69) is 32.1 Å². The second-order valence-electron chi connectivity index (χ2n) is 7.84. The molecule has 10 heteroatoms. The van der Waals surface area contributed by atoms with Crippen molar-refractivity contribution in [1.82, 2.24) is 24.8 Å². The topological polar surface area (TPSA) is 120 Å². The van der Waals surface area contributed by atoms with Gasteiger partial charge in [0.2, 0.25) is 11.8 Å². The van der Waals surface area contributed by atoms with E-state index in [9.17, 15) is 4.79 Å². The van der Waals surface area contributed by atoms with Crippen molar-refractivity contribution in [3.8, 4) is 34.0 Å². The molecule has 0 aliphatic heterocycles. The van der Waals surface area contributed by atoms with Gasteiger partial charge in [0.25, 0.3) is 0 Å². The zero-order valence-corrected chi connectivity index (χ0v) is 19.1. The highest BCUT2D eigenvalue weighted by Crippen LogP contribution is 2.38. The normalized spacial score (nSPS) is 10.8. The quantitative estimate of drug-likeness (QED) is 0.334. The summed E-state index contributed by atoms with van der Waals surface area (Å²) in [5.41, 5.74) is 10.2. The number of benzene rings is 2. The molecule has 178 valence electrons. The number of nitrogen functional groups attached to an aromatic ring is 1. The average molecular weight is 481 g/mol. The van der Waals surface area contributed by atoms with Crippen LogP contribution >= 0.6 is 0 Å². The van der Waals surface area contributed by atoms with Crippen LogP contribution in [0.3, 0.4) is 0 Å².